The summed E-state index contributed by atoms with van der Waals surface area (Å²) in [5, 5.41) is 10.6. The summed E-state index contributed by atoms with van der Waals surface area (Å²) in [6, 6.07) is -3.63. The minimum atomic E-state index is -1.10. The normalized spacial score (nSPS) is 24.7. The molecule has 3 aliphatic rings. The van der Waals surface area contributed by atoms with E-state index in [1.54, 1.807) is 34.6 Å². The van der Waals surface area contributed by atoms with Crippen molar-refractivity contribution in [3.8, 4) is 0 Å². The number of primary amides is 1. The average molecular weight is 549 g/mol. The van der Waals surface area contributed by atoms with Crippen molar-refractivity contribution < 1.29 is 28.8 Å². The Kier molecular flexibility index (Phi) is 8.66. The standard InChI is InChI=1S/C27H44N6O6/c1-13(2)30-17(34)11-29-25(39)32-21(26(3,4)5)24(38)33-12-15-18(27(15,6)7)19(33)23(37)31-16(10-14-8-9-14)20(35)22(28)36/h13-16,18-19,21H,8-12H2,1-7H3,(H2,28,36)(H,30,34)(H,31,37)(H2,29,32,39)/t15-,16?,18?,19-,21+/m0/s1. The first-order chi connectivity index (χ1) is 17.9. The molecular weight excluding hydrogens is 504 g/mol. The summed E-state index contributed by atoms with van der Waals surface area (Å²) >= 11 is 0. The van der Waals surface area contributed by atoms with E-state index in [0.29, 0.717) is 13.0 Å². The molecule has 0 aromatic carbocycles. The Morgan fingerprint density at radius 2 is 1.62 bits per heavy atom. The molecular formula is C27H44N6O6. The number of nitrogens with one attached hydrogen (secondary N) is 4. The van der Waals surface area contributed by atoms with Crippen molar-refractivity contribution in [3.05, 3.63) is 0 Å². The summed E-state index contributed by atoms with van der Waals surface area (Å²) in [7, 11) is 0. The number of rotatable bonds is 11. The van der Waals surface area contributed by atoms with Gasteiger partial charge in [-0.25, -0.2) is 4.79 Å². The van der Waals surface area contributed by atoms with Gasteiger partial charge in [-0.1, -0.05) is 47.5 Å². The van der Waals surface area contributed by atoms with E-state index >= 15 is 0 Å². The van der Waals surface area contributed by atoms with Crippen molar-refractivity contribution in [3.63, 3.8) is 0 Å². The van der Waals surface area contributed by atoms with Crippen LogP contribution in [0.25, 0.3) is 0 Å². The molecule has 6 amide bonds. The zero-order chi connectivity index (χ0) is 29.4. The maximum Gasteiger partial charge on any atom is 0.315 e. The summed E-state index contributed by atoms with van der Waals surface area (Å²) < 4.78 is 0. The second-order valence-corrected chi connectivity index (χ2v) is 13.2. The van der Waals surface area contributed by atoms with Crippen molar-refractivity contribution >= 4 is 35.4 Å². The number of carbonyl (C=O) groups excluding carboxylic acids is 6. The first-order valence-electron chi connectivity index (χ1n) is 13.7. The molecule has 1 heterocycles. The second-order valence-electron chi connectivity index (χ2n) is 13.2. The van der Waals surface area contributed by atoms with Crippen LogP contribution in [-0.4, -0.2) is 77.6 Å². The fourth-order valence-electron chi connectivity index (χ4n) is 5.69. The molecule has 1 aliphatic heterocycles. The molecule has 0 bridgehead atoms. The van der Waals surface area contributed by atoms with Crippen molar-refractivity contribution in [2.45, 2.75) is 91.9 Å². The van der Waals surface area contributed by atoms with Gasteiger partial charge in [-0.05, 0) is 48.9 Å². The van der Waals surface area contributed by atoms with Crippen LogP contribution in [0.15, 0.2) is 0 Å². The van der Waals surface area contributed by atoms with Crippen molar-refractivity contribution in [2.75, 3.05) is 13.1 Å². The molecule has 2 unspecified atom stereocenters. The van der Waals surface area contributed by atoms with E-state index in [2.05, 4.69) is 21.3 Å². The predicted octanol–water partition coefficient (Wildman–Crippen LogP) is 0.0472. The van der Waals surface area contributed by atoms with Gasteiger partial charge in [0.1, 0.15) is 12.1 Å². The highest BCUT2D eigenvalue weighted by atomic mass is 16.2. The Morgan fingerprint density at radius 1 is 1.00 bits per heavy atom. The zero-order valence-corrected chi connectivity index (χ0v) is 24.1. The lowest BCUT2D eigenvalue weighted by Gasteiger charge is -2.37. The first-order valence-corrected chi connectivity index (χ1v) is 13.7. The molecule has 0 aromatic rings. The van der Waals surface area contributed by atoms with Crippen molar-refractivity contribution in [1.29, 1.82) is 0 Å². The highest BCUT2D eigenvalue weighted by molar-refractivity contribution is 6.37. The van der Waals surface area contributed by atoms with Crippen molar-refractivity contribution in [1.82, 2.24) is 26.2 Å². The van der Waals surface area contributed by atoms with Gasteiger partial charge in [-0.2, -0.15) is 0 Å². The molecule has 0 radical (unpaired) electrons. The number of likely N-dealkylation sites (tertiary alicyclic amines) is 1. The van der Waals surface area contributed by atoms with Crippen molar-refractivity contribution in [2.24, 2.45) is 34.3 Å². The van der Waals surface area contributed by atoms with Crippen LogP contribution in [-0.2, 0) is 24.0 Å². The predicted molar refractivity (Wildman–Crippen MR) is 143 cm³/mol. The Bertz CT molecular complexity index is 1030. The number of fused-ring (bicyclic) bond motifs is 1. The van der Waals surface area contributed by atoms with E-state index in [1.165, 1.54) is 4.90 Å². The summed E-state index contributed by atoms with van der Waals surface area (Å²) in [6.07, 6.45) is 2.18. The van der Waals surface area contributed by atoms with Gasteiger partial charge in [0.15, 0.2) is 0 Å². The minimum Gasteiger partial charge on any atom is -0.363 e. The number of Topliss-reactive ketones (excluding diaryl/α,β-unsaturated/α-hetero) is 1. The number of urea groups is 1. The molecule has 6 N–H and O–H groups in total. The Labute approximate surface area is 229 Å². The van der Waals surface area contributed by atoms with Crippen LogP contribution in [0.4, 0.5) is 4.79 Å². The number of piperidine rings is 1. The van der Waals surface area contributed by atoms with Gasteiger partial charge < -0.3 is 31.9 Å². The van der Waals surface area contributed by atoms with Gasteiger partial charge >= 0.3 is 6.03 Å². The average Bonchev–Trinajstić information content (AvgIpc) is 3.66. The maximum atomic E-state index is 13.9. The molecule has 0 spiro atoms. The third-order valence-corrected chi connectivity index (χ3v) is 8.15. The SMILES string of the molecule is CC(C)NC(=O)CNC(=O)N[C@H](C(=O)N1C[C@H]2C([C@H]1C(=O)NC(CC1CC1)C(=O)C(N)=O)C2(C)C)C(C)(C)C. The Balaban J connectivity index is 1.76. The molecule has 5 atom stereocenters. The lowest BCUT2D eigenvalue weighted by molar-refractivity contribution is -0.145. The largest absolute Gasteiger partial charge is 0.363 e. The molecule has 218 valence electrons. The molecule has 3 rings (SSSR count). The van der Waals surface area contributed by atoms with Crippen LogP contribution < -0.4 is 27.0 Å². The van der Waals surface area contributed by atoms with E-state index in [4.69, 9.17) is 5.73 Å². The number of nitrogens with zero attached hydrogens (tertiary/aromatic N) is 1. The van der Waals surface area contributed by atoms with Crippen LogP contribution in [0.3, 0.4) is 0 Å². The Morgan fingerprint density at radius 3 is 2.13 bits per heavy atom. The number of carbonyl (C=O) groups is 6. The minimum absolute atomic E-state index is 0.0812. The lowest BCUT2D eigenvalue weighted by Crippen LogP contribution is -2.61. The van der Waals surface area contributed by atoms with Crippen LogP contribution in [0.5, 0.6) is 0 Å². The van der Waals surface area contributed by atoms with Gasteiger partial charge in [0.05, 0.1) is 12.6 Å². The zero-order valence-electron chi connectivity index (χ0n) is 24.1. The molecule has 1 saturated heterocycles. The first kappa shape index (κ1) is 30.4. The van der Waals surface area contributed by atoms with Gasteiger partial charge in [-0.15, -0.1) is 0 Å². The summed E-state index contributed by atoms with van der Waals surface area (Å²) in [5.41, 5.74) is 4.35. The van der Waals surface area contributed by atoms with E-state index in [-0.39, 0.29) is 41.7 Å². The highest BCUT2D eigenvalue weighted by Gasteiger charge is 2.70. The molecule has 12 nitrogen and oxygen atoms in total. The smallest absolute Gasteiger partial charge is 0.315 e. The summed E-state index contributed by atoms with van der Waals surface area (Å²) in [6.45, 7) is 13.2. The van der Waals surface area contributed by atoms with Crippen LogP contribution in [0.1, 0.15) is 67.7 Å². The third-order valence-electron chi connectivity index (χ3n) is 8.15. The number of ketones is 1. The highest BCUT2D eigenvalue weighted by Crippen LogP contribution is 2.65. The molecule has 39 heavy (non-hydrogen) atoms. The molecule has 3 fully saturated rings. The van der Waals surface area contributed by atoms with Gasteiger partial charge in [0.25, 0.3) is 5.91 Å². The van der Waals surface area contributed by atoms with Crippen LogP contribution >= 0.6 is 0 Å². The van der Waals surface area contributed by atoms with Crippen LogP contribution in [0.2, 0.25) is 0 Å². The molecule has 2 saturated carbocycles. The van der Waals surface area contributed by atoms with E-state index < -0.39 is 53.1 Å². The number of hydrogen-bond donors (Lipinski definition) is 5. The van der Waals surface area contributed by atoms with Gasteiger partial charge in [0.2, 0.25) is 23.5 Å². The summed E-state index contributed by atoms with van der Waals surface area (Å²) in [5.74, 6) is -3.01. The third kappa shape index (κ3) is 7.07. The fourth-order valence-corrected chi connectivity index (χ4v) is 5.69. The Hall–Kier alpha value is -3.18. The molecule has 2 aliphatic carbocycles. The van der Waals surface area contributed by atoms with Gasteiger partial charge in [-0.3, -0.25) is 24.0 Å². The van der Waals surface area contributed by atoms with Gasteiger partial charge in [0, 0.05) is 12.6 Å². The second kappa shape index (κ2) is 11.1. The molecule has 12 heteroatoms. The molecule has 0 aromatic heterocycles. The summed E-state index contributed by atoms with van der Waals surface area (Å²) in [4.78, 5) is 77.7. The maximum absolute atomic E-state index is 13.9. The van der Waals surface area contributed by atoms with E-state index in [9.17, 15) is 28.8 Å². The number of amides is 6. The monoisotopic (exact) mass is 548 g/mol. The quantitative estimate of drug-likeness (QED) is 0.228. The number of nitrogens with two attached hydrogens (primary N) is 1. The van der Waals surface area contributed by atoms with E-state index in [0.717, 1.165) is 12.8 Å². The topological polar surface area (TPSA) is 180 Å². The van der Waals surface area contributed by atoms with Crippen LogP contribution in [0, 0.1) is 28.6 Å². The fraction of sp³-hybridized carbons (Fsp3) is 0.778. The lowest BCUT2D eigenvalue weighted by atomic mass is 9.85. The van der Waals surface area contributed by atoms with E-state index in [1.807, 2.05) is 13.8 Å². The number of hydrogen-bond acceptors (Lipinski definition) is 6.